The van der Waals surface area contributed by atoms with Crippen molar-refractivity contribution < 1.29 is 4.42 Å². The molecule has 0 aliphatic heterocycles. The summed E-state index contributed by atoms with van der Waals surface area (Å²) in [6, 6.07) is 7.67. The Bertz CT molecular complexity index is 450. The highest BCUT2D eigenvalue weighted by molar-refractivity contribution is 5.71. The van der Waals surface area contributed by atoms with Crippen molar-refractivity contribution in [3.8, 4) is 0 Å². The zero-order valence-electron chi connectivity index (χ0n) is 7.95. The second-order valence-corrected chi connectivity index (χ2v) is 2.71. The molecule has 3 rings (SSSR count). The Labute approximate surface area is 86.6 Å². The minimum Gasteiger partial charge on any atom is -0.443 e. The topological polar surface area (TPSA) is 51.8 Å². The predicted octanol–water partition coefficient (Wildman–Crippen LogP) is 2.30. The summed E-state index contributed by atoms with van der Waals surface area (Å²) in [5.41, 5.74) is 1.76. The van der Waals surface area contributed by atoms with E-state index < -0.39 is 0 Å². The van der Waals surface area contributed by atoms with E-state index in [0.29, 0.717) is 0 Å². The minimum atomic E-state index is 0.845. The maximum absolute atomic E-state index is 5.01. The van der Waals surface area contributed by atoms with Crippen molar-refractivity contribution in [2.75, 3.05) is 0 Å². The average molecular weight is 199 g/mol. The van der Waals surface area contributed by atoms with Gasteiger partial charge in [0, 0.05) is 24.8 Å². The summed E-state index contributed by atoms with van der Waals surface area (Å²) in [5, 5.41) is 0. The van der Waals surface area contributed by atoms with E-state index in [-0.39, 0.29) is 0 Å². The fourth-order valence-electron chi connectivity index (χ4n) is 1.06. The molecule has 0 N–H and O–H groups in total. The number of nitrogens with zero attached hydrogens (tertiary/aromatic N) is 3. The fraction of sp³-hybridized carbons (Fsp3) is 0. The summed E-state index contributed by atoms with van der Waals surface area (Å²) in [6.07, 6.45) is 8.00. The number of hydrogen-bond donors (Lipinski definition) is 0. The van der Waals surface area contributed by atoms with Crippen LogP contribution in [0.3, 0.4) is 0 Å². The van der Waals surface area contributed by atoms with Crippen LogP contribution in [0.2, 0.25) is 0 Å². The van der Waals surface area contributed by atoms with E-state index in [4.69, 9.17) is 4.42 Å². The van der Waals surface area contributed by atoms with E-state index in [0.717, 1.165) is 11.1 Å². The van der Waals surface area contributed by atoms with Crippen molar-refractivity contribution in [1.29, 1.82) is 0 Å². The fourth-order valence-corrected chi connectivity index (χ4v) is 1.06. The maximum Gasteiger partial charge on any atom is 0.181 e. The molecule has 4 heteroatoms. The second kappa shape index (κ2) is 4.85. The van der Waals surface area contributed by atoms with E-state index in [1.54, 1.807) is 24.8 Å². The van der Waals surface area contributed by atoms with Gasteiger partial charge in [0.1, 0.15) is 5.52 Å². The van der Waals surface area contributed by atoms with Crippen LogP contribution in [0.4, 0.5) is 0 Å². The van der Waals surface area contributed by atoms with Crippen molar-refractivity contribution in [3.05, 3.63) is 55.4 Å². The van der Waals surface area contributed by atoms with Crippen LogP contribution in [-0.4, -0.2) is 15.0 Å². The molecular formula is C11H9N3O. The van der Waals surface area contributed by atoms with Gasteiger partial charge in [-0.05, 0) is 12.1 Å². The number of fused-ring (bicyclic) bond motifs is 1. The molecule has 0 aliphatic rings. The van der Waals surface area contributed by atoms with Crippen molar-refractivity contribution in [3.63, 3.8) is 0 Å². The molecule has 0 unspecified atom stereocenters. The van der Waals surface area contributed by atoms with Gasteiger partial charge < -0.3 is 4.42 Å². The molecule has 2 heterocycles. The van der Waals surface area contributed by atoms with Crippen LogP contribution in [0.1, 0.15) is 0 Å². The van der Waals surface area contributed by atoms with Crippen LogP contribution in [0.5, 0.6) is 0 Å². The minimum absolute atomic E-state index is 0.845. The van der Waals surface area contributed by atoms with Crippen molar-refractivity contribution in [1.82, 2.24) is 15.0 Å². The van der Waals surface area contributed by atoms with Gasteiger partial charge in [-0.1, -0.05) is 12.1 Å². The number of para-hydroxylation sites is 2. The smallest absolute Gasteiger partial charge is 0.181 e. The van der Waals surface area contributed by atoms with Crippen LogP contribution < -0.4 is 0 Å². The Hall–Kier alpha value is -2.23. The quantitative estimate of drug-likeness (QED) is 0.557. The van der Waals surface area contributed by atoms with Gasteiger partial charge in [0.2, 0.25) is 0 Å². The van der Waals surface area contributed by atoms with Crippen molar-refractivity contribution in [2.24, 2.45) is 0 Å². The summed E-state index contributed by atoms with van der Waals surface area (Å²) >= 11 is 0. The first-order valence-electron chi connectivity index (χ1n) is 4.45. The number of benzene rings is 1. The molecule has 74 valence electrons. The number of oxazole rings is 1. The Balaban J connectivity index is 0.000000124. The Kier molecular flexibility index (Phi) is 3.02. The largest absolute Gasteiger partial charge is 0.443 e. The lowest BCUT2D eigenvalue weighted by Crippen LogP contribution is -1.66. The predicted molar refractivity (Wildman–Crippen MR) is 56.0 cm³/mol. The standard InChI is InChI=1S/C7H5NO.C4H4N2/c1-2-4-7-6(3-1)8-5-9-7;1-2-6-4-3-5-1/h1-5H;1-4H. The number of aromatic nitrogens is 3. The zero-order valence-corrected chi connectivity index (χ0v) is 7.95. The summed E-state index contributed by atoms with van der Waals surface area (Å²) in [6.45, 7) is 0. The first-order valence-corrected chi connectivity index (χ1v) is 4.45. The van der Waals surface area contributed by atoms with Crippen molar-refractivity contribution >= 4 is 11.1 Å². The van der Waals surface area contributed by atoms with E-state index in [1.807, 2.05) is 24.3 Å². The van der Waals surface area contributed by atoms with Gasteiger partial charge in [0.05, 0.1) is 0 Å². The van der Waals surface area contributed by atoms with Gasteiger partial charge in [-0.15, -0.1) is 0 Å². The van der Waals surface area contributed by atoms with E-state index in [2.05, 4.69) is 15.0 Å². The second-order valence-electron chi connectivity index (χ2n) is 2.71. The van der Waals surface area contributed by atoms with Crippen LogP contribution in [0, 0.1) is 0 Å². The van der Waals surface area contributed by atoms with Crippen LogP contribution in [0.25, 0.3) is 11.1 Å². The van der Waals surface area contributed by atoms with Gasteiger partial charge >= 0.3 is 0 Å². The molecule has 0 atom stereocenters. The van der Waals surface area contributed by atoms with Gasteiger partial charge in [-0.3, -0.25) is 9.97 Å². The first kappa shape index (κ1) is 9.33. The van der Waals surface area contributed by atoms with Crippen LogP contribution in [0.15, 0.2) is 59.9 Å². The molecule has 1 aromatic carbocycles. The molecule has 0 bridgehead atoms. The first-order chi connectivity index (χ1) is 7.47. The van der Waals surface area contributed by atoms with Gasteiger partial charge in [-0.25, -0.2) is 4.98 Å². The lowest BCUT2D eigenvalue weighted by molar-refractivity contribution is 0.602. The highest BCUT2D eigenvalue weighted by atomic mass is 16.3. The Morgan fingerprint density at radius 1 is 0.867 bits per heavy atom. The molecule has 0 amide bonds. The maximum atomic E-state index is 5.01. The molecule has 0 fully saturated rings. The number of hydrogen-bond acceptors (Lipinski definition) is 4. The van der Waals surface area contributed by atoms with Crippen molar-refractivity contribution in [2.45, 2.75) is 0 Å². The molecule has 0 spiro atoms. The Morgan fingerprint density at radius 2 is 1.53 bits per heavy atom. The lowest BCUT2D eigenvalue weighted by atomic mass is 10.3. The summed E-state index contributed by atoms with van der Waals surface area (Å²) < 4.78 is 5.01. The SMILES string of the molecule is c1ccc2ocnc2c1.c1cnccn1. The highest BCUT2D eigenvalue weighted by Gasteiger charge is 1.91. The summed E-state index contributed by atoms with van der Waals surface area (Å²) in [4.78, 5) is 11.4. The van der Waals surface area contributed by atoms with Gasteiger partial charge in [-0.2, -0.15) is 0 Å². The summed E-state index contributed by atoms with van der Waals surface area (Å²) in [5.74, 6) is 0. The van der Waals surface area contributed by atoms with E-state index in [9.17, 15) is 0 Å². The van der Waals surface area contributed by atoms with Gasteiger partial charge in [0.25, 0.3) is 0 Å². The normalized spacial score (nSPS) is 9.33. The van der Waals surface area contributed by atoms with Crippen LogP contribution >= 0.6 is 0 Å². The molecule has 15 heavy (non-hydrogen) atoms. The molecule has 0 saturated carbocycles. The molecule has 4 nitrogen and oxygen atoms in total. The highest BCUT2D eigenvalue weighted by Crippen LogP contribution is 2.09. The third kappa shape index (κ3) is 2.60. The van der Waals surface area contributed by atoms with Gasteiger partial charge in [0.15, 0.2) is 12.0 Å². The molecule has 0 radical (unpaired) electrons. The van der Waals surface area contributed by atoms with E-state index >= 15 is 0 Å². The molecule has 0 aliphatic carbocycles. The molecule has 2 aromatic heterocycles. The molecular weight excluding hydrogens is 190 g/mol. The van der Waals surface area contributed by atoms with E-state index in [1.165, 1.54) is 6.39 Å². The monoisotopic (exact) mass is 199 g/mol. The number of rotatable bonds is 0. The molecule has 3 aromatic rings. The molecule has 0 saturated heterocycles. The third-order valence-electron chi connectivity index (χ3n) is 1.71. The average Bonchev–Trinajstić information content (AvgIpc) is 2.80. The Morgan fingerprint density at radius 3 is 2.13 bits per heavy atom. The van der Waals surface area contributed by atoms with Crippen LogP contribution in [-0.2, 0) is 0 Å². The zero-order chi connectivity index (χ0) is 10.3. The lowest BCUT2D eigenvalue weighted by Gasteiger charge is -1.79. The third-order valence-corrected chi connectivity index (χ3v) is 1.71. The summed E-state index contributed by atoms with van der Waals surface area (Å²) in [7, 11) is 0.